The van der Waals surface area contributed by atoms with Gasteiger partial charge in [0.2, 0.25) is 0 Å². The minimum Gasteiger partial charge on any atom is -0.494 e. The molecular weight excluding hydrogens is 240 g/mol. The zero-order valence-electron chi connectivity index (χ0n) is 11.9. The Morgan fingerprint density at radius 3 is 2.79 bits per heavy atom. The van der Waals surface area contributed by atoms with Gasteiger partial charge in [-0.1, -0.05) is 0 Å². The van der Waals surface area contributed by atoms with Crippen LogP contribution in [0.2, 0.25) is 0 Å². The van der Waals surface area contributed by atoms with Crippen LogP contribution >= 0.6 is 0 Å². The van der Waals surface area contributed by atoms with Crippen molar-refractivity contribution in [1.82, 2.24) is 5.32 Å². The lowest BCUT2D eigenvalue weighted by atomic mass is 10.2. The molecule has 106 valence electrons. The molecule has 1 aromatic rings. The first kappa shape index (κ1) is 14.2. The Balaban J connectivity index is 1.79. The van der Waals surface area contributed by atoms with Crippen molar-refractivity contribution in [3.8, 4) is 5.75 Å². The van der Waals surface area contributed by atoms with Crippen LogP contribution in [0, 0.1) is 0 Å². The van der Waals surface area contributed by atoms with Crippen LogP contribution in [0.5, 0.6) is 5.75 Å². The summed E-state index contributed by atoms with van der Waals surface area (Å²) in [6, 6.07) is 8.75. The van der Waals surface area contributed by atoms with Crippen molar-refractivity contribution in [2.75, 3.05) is 44.9 Å². The zero-order chi connectivity index (χ0) is 13.5. The summed E-state index contributed by atoms with van der Waals surface area (Å²) < 4.78 is 10.9. The second kappa shape index (κ2) is 7.36. The number of morpholine rings is 1. The molecule has 0 radical (unpaired) electrons. The minimum absolute atomic E-state index is 0.485. The Morgan fingerprint density at radius 1 is 1.37 bits per heavy atom. The first-order valence-electron chi connectivity index (χ1n) is 7.04. The topological polar surface area (TPSA) is 33.7 Å². The number of nitrogens with one attached hydrogen (secondary N) is 1. The van der Waals surface area contributed by atoms with Gasteiger partial charge in [-0.25, -0.2) is 0 Å². The number of hydrogen-bond donors (Lipinski definition) is 1. The predicted octanol–water partition coefficient (Wildman–Crippen LogP) is 1.90. The fourth-order valence-corrected chi connectivity index (χ4v) is 2.25. The maximum atomic E-state index is 5.47. The van der Waals surface area contributed by atoms with Crippen LogP contribution in [-0.2, 0) is 4.74 Å². The Kier molecular flexibility index (Phi) is 5.48. The summed E-state index contributed by atoms with van der Waals surface area (Å²) >= 11 is 0. The molecule has 1 saturated heterocycles. The van der Waals surface area contributed by atoms with E-state index in [0.717, 1.165) is 38.5 Å². The van der Waals surface area contributed by atoms with Crippen molar-refractivity contribution < 1.29 is 9.47 Å². The smallest absolute Gasteiger partial charge is 0.119 e. The Bertz CT molecular complexity index is 361. The summed E-state index contributed by atoms with van der Waals surface area (Å²) in [6.45, 7) is 6.37. The monoisotopic (exact) mass is 264 g/mol. The van der Waals surface area contributed by atoms with Crippen LogP contribution in [0.3, 0.4) is 0 Å². The third kappa shape index (κ3) is 4.40. The highest BCUT2D eigenvalue weighted by Gasteiger charge is 2.13. The highest BCUT2D eigenvalue weighted by molar-refractivity contribution is 5.48. The van der Waals surface area contributed by atoms with E-state index < -0.39 is 0 Å². The summed E-state index contributed by atoms with van der Waals surface area (Å²) in [4.78, 5) is 2.27. The molecule has 0 aromatic heterocycles. The van der Waals surface area contributed by atoms with Gasteiger partial charge in [0.25, 0.3) is 0 Å². The molecule has 1 fully saturated rings. The summed E-state index contributed by atoms with van der Waals surface area (Å²) in [5.41, 5.74) is 1.22. The average molecular weight is 264 g/mol. The average Bonchev–Trinajstić information content (AvgIpc) is 2.47. The largest absolute Gasteiger partial charge is 0.494 e. The molecule has 0 bridgehead atoms. The first-order valence-corrected chi connectivity index (χ1v) is 7.04. The van der Waals surface area contributed by atoms with Gasteiger partial charge in [-0.2, -0.15) is 0 Å². The Labute approximate surface area is 115 Å². The molecule has 1 aliphatic heterocycles. The van der Waals surface area contributed by atoms with Crippen molar-refractivity contribution in [3.05, 3.63) is 24.3 Å². The molecule has 1 atom stereocenters. The van der Waals surface area contributed by atoms with E-state index in [0.29, 0.717) is 12.6 Å². The number of hydrogen-bond acceptors (Lipinski definition) is 4. The van der Waals surface area contributed by atoms with E-state index in [1.165, 1.54) is 5.69 Å². The lowest BCUT2D eigenvalue weighted by Gasteiger charge is -2.27. The molecule has 0 aliphatic carbocycles. The van der Waals surface area contributed by atoms with E-state index in [-0.39, 0.29) is 0 Å². The van der Waals surface area contributed by atoms with Gasteiger partial charge < -0.3 is 19.7 Å². The Hall–Kier alpha value is -1.26. The maximum Gasteiger partial charge on any atom is 0.119 e. The van der Waals surface area contributed by atoms with Gasteiger partial charge >= 0.3 is 0 Å². The Morgan fingerprint density at radius 2 is 2.16 bits per heavy atom. The lowest BCUT2D eigenvalue weighted by molar-refractivity contribution is 0.0749. The van der Waals surface area contributed by atoms with Gasteiger partial charge in [-0.15, -0.1) is 0 Å². The SMILES string of the molecule is CCOc1ccc(N(C)CCC2COCCN2)cc1. The van der Waals surface area contributed by atoms with Crippen LogP contribution in [0.4, 0.5) is 5.69 Å². The van der Waals surface area contributed by atoms with Gasteiger partial charge in [0, 0.05) is 31.9 Å². The predicted molar refractivity (Wildman–Crippen MR) is 78.1 cm³/mol. The molecule has 0 spiro atoms. The quantitative estimate of drug-likeness (QED) is 0.851. The molecule has 0 amide bonds. The van der Waals surface area contributed by atoms with Crippen LogP contribution in [0.25, 0.3) is 0 Å². The molecule has 4 nitrogen and oxygen atoms in total. The van der Waals surface area contributed by atoms with E-state index in [1.54, 1.807) is 0 Å². The second-order valence-electron chi connectivity index (χ2n) is 4.86. The number of ether oxygens (including phenoxy) is 2. The fourth-order valence-electron chi connectivity index (χ4n) is 2.25. The second-order valence-corrected chi connectivity index (χ2v) is 4.86. The fraction of sp³-hybridized carbons (Fsp3) is 0.600. The first-order chi connectivity index (χ1) is 9.29. The number of benzene rings is 1. The molecule has 1 aliphatic rings. The van der Waals surface area contributed by atoms with E-state index in [9.17, 15) is 0 Å². The normalized spacial score (nSPS) is 19.2. The van der Waals surface area contributed by atoms with Gasteiger partial charge in [-0.05, 0) is 37.6 Å². The van der Waals surface area contributed by atoms with Crippen LogP contribution < -0.4 is 15.0 Å². The van der Waals surface area contributed by atoms with Crippen LogP contribution in [-0.4, -0.2) is 46.0 Å². The molecule has 0 saturated carbocycles. The van der Waals surface area contributed by atoms with Crippen molar-refractivity contribution in [3.63, 3.8) is 0 Å². The van der Waals surface area contributed by atoms with Gasteiger partial charge in [0.1, 0.15) is 5.75 Å². The summed E-state index contributed by atoms with van der Waals surface area (Å²) in [7, 11) is 2.12. The minimum atomic E-state index is 0.485. The molecule has 1 unspecified atom stereocenters. The van der Waals surface area contributed by atoms with Gasteiger partial charge in [-0.3, -0.25) is 0 Å². The number of rotatable bonds is 6. The van der Waals surface area contributed by atoms with Gasteiger partial charge in [0.15, 0.2) is 0 Å². The summed E-state index contributed by atoms with van der Waals surface area (Å²) in [5.74, 6) is 0.932. The third-order valence-electron chi connectivity index (χ3n) is 3.40. The molecule has 19 heavy (non-hydrogen) atoms. The van der Waals surface area contributed by atoms with Gasteiger partial charge in [0.05, 0.1) is 19.8 Å². The van der Waals surface area contributed by atoms with Crippen LogP contribution in [0.1, 0.15) is 13.3 Å². The summed E-state index contributed by atoms with van der Waals surface area (Å²) in [5, 5.41) is 3.48. The maximum absolute atomic E-state index is 5.47. The van der Waals surface area contributed by atoms with Crippen LogP contribution in [0.15, 0.2) is 24.3 Å². The van der Waals surface area contributed by atoms with Crippen molar-refractivity contribution in [1.29, 1.82) is 0 Å². The highest BCUT2D eigenvalue weighted by Crippen LogP contribution is 2.18. The molecule has 4 heteroatoms. The summed E-state index contributed by atoms with van der Waals surface area (Å²) in [6.07, 6.45) is 1.10. The molecule has 1 N–H and O–H groups in total. The number of nitrogens with zero attached hydrogens (tertiary/aromatic N) is 1. The zero-order valence-corrected chi connectivity index (χ0v) is 11.9. The van der Waals surface area contributed by atoms with E-state index in [1.807, 2.05) is 19.1 Å². The molecule has 1 heterocycles. The lowest BCUT2D eigenvalue weighted by Crippen LogP contribution is -2.42. The molecular formula is C15H24N2O2. The van der Waals surface area contributed by atoms with E-state index in [4.69, 9.17) is 9.47 Å². The standard InChI is InChI=1S/C15H24N2O2/c1-3-19-15-6-4-14(5-7-15)17(2)10-8-13-12-18-11-9-16-13/h4-7,13,16H,3,8-12H2,1-2H3. The number of anilines is 1. The van der Waals surface area contributed by atoms with Crippen molar-refractivity contribution >= 4 is 5.69 Å². The third-order valence-corrected chi connectivity index (χ3v) is 3.40. The van der Waals surface area contributed by atoms with Crippen molar-refractivity contribution in [2.24, 2.45) is 0 Å². The highest BCUT2D eigenvalue weighted by atomic mass is 16.5. The van der Waals surface area contributed by atoms with E-state index >= 15 is 0 Å². The van der Waals surface area contributed by atoms with E-state index in [2.05, 4.69) is 29.4 Å². The molecule has 2 rings (SSSR count). The molecule has 1 aromatic carbocycles. The van der Waals surface area contributed by atoms with Crippen molar-refractivity contribution in [2.45, 2.75) is 19.4 Å².